The van der Waals surface area contributed by atoms with Crippen LogP contribution < -0.4 is 0 Å². The van der Waals surface area contributed by atoms with Gasteiger partial charge in [-0.05, 0) is 12.1 Å². The van der Waals surface area contributed by atoms with Crippen molar-refractivity contribution in [3.05, 3.63) is 23.8 Å². The molecule has 0 aromatic heterocycles. The van der Waals surface area contributed by atoms with Crippen LogP contribution in [0.3, 0.4) is 0 Å². The maximum atomic E-state index is 10.6. The van der Waals surface area contributed by atoms with E-state index in [0.29, 0.717) is 17.5 Å². The summed E-state index contributed by atoms with van der Waals surface area (Å²) in [7, 11) is 6.87. The van der Waals surface area contributed by atoms with Crippen molar-refractivity contribution >= 4 is 18.3 Å². The Morgan fingerprint density at radius 1 is 1.35 bits per heavy atom. The Hall–Kier alpha value is -1.88. The first-order valence-corrected chi connectivity index (χ1v) is 4.94. The summed E-state index contributed by atoms with van der Waals surface area (Å²) in [6, 6.07) is 4.71. The maximum Gasteiger partial charge on any atom is 0.152 e. The van der Waals surface area contributed by atoms with Crippen molar-refractivity contribution in [1.29, 1.82) is 0 Å². The monoisotopic (exact) mass is 238 g/mol. The molecule has 1 N–H and O–H groups in total. The number of carbonyl (C=O) groups is 1. The minimum absolute atomic E-state index is 0.00713. The summed E-state index contributed by atoms with van der Waals surface area (Å²) in [4.78, 5) is 16.3. The molecule has 0 heterocycles. The van der Waals surface area contributed by atoms with E-state index in [9.17, 15) is 9.90 Å². The lowest BCUT2D eigenvalue weighted by molar-refractivity contribution is 0.112. The number of aliphatic imine (C=N–C) groups is 1. The van der Waals surface area contributed by atoms with Crippen molar-refractivity contribution in [2.75, 3.05) is 28.3 Å². The van der Waals surface area contributed by atoms with Crippen LogP contribution in [0.2, 0.25) is 0 Å². The molecule has 0 spiro atoms. The number of methoxy groups -OCH3 is 1. The fourth-order valence-electron chi connectivity index (χ4n) is 0.958. The van der Waals surface area contributed by atoms with Gasteiger partial charge in [-0.25, -0.2) is 4.99 Å². The van der Waals surface area contributed by atoms with E-state index in [1.165, 1.54) is 12.4 Å². The first kappa shape index (κ1) is 15.1. The summed E-state index contributed by atoms with van der Waals surface area (Å²) in [5, 5.41) is 9.44. The molecule has 1 aromatic carbocycles. The molecule has 0 aliphatic rings. The molecule has 0 saturated heterocycles. The second-order valence-corrected chi connectivity index (χ2v) is 3.45. The van der Waals surface area contributed by atoms with Crippen molar-refractivity contribution in [3.63, 3.8) is 0 Å². The van der Waals surface area contributed by atoms with Crippen LogP contribution in [0.5, 0.6) is 5.75 Å². The molecule has 5 nitrogen and oxygen atoms in total. The van der Waals surface area contributed by atoms with Gasteiger partial charge in [-0.3, -0.25) is 4.79 Å². The maximum absolute atomic E-state index is 10.6. The van der Waals surface area contributed by atoms with Crippen molar-refractivity contribution < 1.29 is 14.6 Å². The quantitative estimate of drug-likeness (QED) is 0.494. The van der Waals surface area contributed by atoms with Gasteiger partial charge in [0.25, 0.3) is 0 Å². The summed E-state index contributed by atoms with van der Waals surface area (Å²) in [6.07, 6.45) is 2.20. The number of para-hydroxylation sites is 1. The number of phenols is 1. The van der Waals surface area contributed by atoms with Gasteiger partial charge < -0.3 is 14.7 Å². The van der Waals surface area contributed by atoms with E-state index in [1.54, 1.807) is 31.3 Å². The average molecular weight is 238 g/mol. The van der Waals surface area contributed by atoms with E-state index in [0.717, 1.165) is 0 Å². The molecule has 0 atom stereocenters. The molecule has 0 amide bonds. The number of ether oxygens (including phenoxy) is 1. The first-order chi connectivity index (χ1) is 8.06. The molecule has 0 fully saturated rings. The fraction of sp³-hybridized carbons (Fsp3) is 0.333. The third kappa shape index (κ3) is 5.67. The number of carbonyl (C=O) groups excluding carboxylic acids is 1. The van der Waals surface area contributed by atoms with Gasteiger partial charge in [0.05, 0.1) is 6.34 Å². The number of hydrogen-bond acceptors (Lipinski definition) is 4. The fourth-order valence-corrected chi connectivity index (χ4v) is 0.958. The van der Waals surface area contributed by atoms with Crippen molar-refractivity contribution in [1.82, 2.24) is 4.90 Å². The second kappa shape index (κ2) is 8.29. The van der Waals surface area contributed by atoms with Gasteiger partial charge in [-0.15, -0.1) is 0 Å². The van der Waals surface area contributed by atoms with Gasteiger partial charge in [0.15, 0.2) is 6.29 Å². The SMILES string of the molecule is CN(C)C=Nc1c(O)cccc1C=O.COC. The largest absolute Gasteiger partial charge is 0.506 e. The Morgan fingerprint density at radius 2 is 1.94 bits per heavy atom. The zero-order valence-electron chi connectivity index (χ0n) is 10.5. The number of benzene rings is 1. The number of rotatable bonds is 3. The summed E-state index contributed by atoms with van der Waals surface area (Å²) < 4.78 is 4.25. The highest BCUT2D eigenvalue weighted by molar-refractivity contribution is 5.86. The zero-order chi connectivity index (χ0) is 13.3. The van der Waals surface area contributed by atoms with Gasteiger partial charge in [0.1, 0.15) is 11.4 Å². The summed E-state index contributed by atoms with van der Waals surface area (Å²) in [6.45, 7) is 0. The lowest BCUT2D eigenvalue weighted by Crippen LogP contribution is -2.07. The molecular weight excluding hydrogens is 220 g/mol. The zero-order valence-corrected chi connectivity index (χ0v) is 10.5. The minimum Gasteiger partial charge on any atom is -0.506 e. The molecule has 0 aliphatic heterocycles. The highest BCUT2D eigenvalue weighted by atomic mass is 16.4. The second-order valence-electron chi connectivity index (χ2n) is 3.45. The van der Waals surface area contributed by atoms with Gasteiger partial charge in [0, 0.05) is 33.9 Å². The van der Waals surface area contributed by atoms with Crippen LogP contribution in [0.1, 0.15) is 10.4 Å². The van der Waals surface area contributed by atoms with Crippen molar-refractivity contribution in [2.45, 2.75) is 0 Å². The topological polar surface area (TPSA) is 62.1 Å². The molecule has 1 aromatic rings. The van der Waals surface area contributed by atoms with E-state index in [1.807, 2.05) is 14.1 Å². The first-order valence-electron chi connectivity index (χ1n) is 4.94. The van der Waals surface area contributed by atoms with Gasteiger partial charge in [-0.1, -0.05) is 6.07 Å². The van der Waals surface area contributed by atoms with Crippen LogP contribution in [0, 0.1) is 0 Å². The van der Waals surface area contributed by atoms with E-state index in [-0.39, 0.29) is 5.75 Å². The number of aldehydes is 1. The summed E-state index contributed by atoms with van der Waals surface area (Å²) in [5.74, 6) is 0.00713. The molecule has 94 valence electrons. The molecule has 5 heteroatoms. The minimum atomic E-state index is 0.00713. The summed E-state index contributed by atoms with van der Waals surface area (Å²) >= 11 is 0. The number of hydrogen-bond donors (Lipinski definition) is 1. The van der Waals surface area contributed by atoms with Crippen LogP contribution in [0.15, 0.2) is 23.2 Å². The van der Waals surface area contributed by atoms with Crippen LogP contribution >= 0.6 is 0 Å². The molecule has 0 radical (unpaired) electrons. The highest BCUT2D eigenvalue weighted by Gasteiger charge is 2.04. The highest BCUT2D eigenvalue weighted by Crippen LogP contribution is 2.28. The smallest absolute Gasteiger partial charge is 0.152 e. The van der Waals surface area contributed by atoms with E-state index >= 15 is 0 Å². The van der Waals surface area contributed by atoms with Crippen LogP contribution in [-0.4, -0.2) is 50.9 Å². The molecule has 17 heavy (non-hydrogen) atoms. The van der Waals surface area contributed by atoms with E-state index in [2.05, 4.69) is 9.73 Å². The molecular formula is C12H18N2O3. The predicted octanol–water partition coefficient (Wildman–Crippen LogP) is 1.69. The number of aromatic hydroxyl groups is 1. The third-order valence-corrected chi connectivity index (χ3v) is 1.59. The molecule has 0 bridgehead atoms. The number of nitrogens with zero attached hydrogens (tertiary/aromatic N) is 2. The van der Waals surface area contributed by atoms with Crippen LogP contribution in [0.4, 0.5) is 5.69 Å². The molecule has 0 saturated carbocycles. The van der Waals surface area contributed by atoms with Crippen molar-refractivity contribution in [3.8, 4) is 5.75 Å². The Bertz CT molecular complexity index is 376. The average Bonchev–Trinajstić information content (AvgIpc) is 2.28. The predicted molar refractivity (Wildman–Crippen MR) is 68.3 cm³/mol. The Labute approximate surface area is 101 Å². The molecule has 1 rings (SSSR count). The number of phenolic OH excluding ortho intramolecular Hbond substituents is 1. The van der Waals surface area contributed by atoms with E-state index < -0.39 is 0 Å². The Balaban J connectivity index is 0.000000770. The standard InChI is InChI=1S/C10H12N2O2.C2H6O/c1-12(2)7-11-10-8(6-13)4-3-5-9(10)14;1-3-2/h3-7,14H,1-2H3;1-2H3. The Kier molecular flexibility index (Phi) is 7.38. The lowest BCUT2D eigenvalue weighted by atomic mass is 10.2. The Morgan fingerprint density at radius 3 is 2.41 bits per heavy atom. The van der Waals surface area contributed by atoms with Gasteiger partial charge in [-0.2, -0.15) is 0 Å². The van der Waals surface area contributed by atoms with Gasteiger partial charge in [0.2, 0.25) is 0 Å². The van der Waals surface area contributed by atoms with Crippen molar-refractivity contribution in [2.24, 2.45) is 4.99 Å². The third-order valence-electron chi connectivity index (χ3n) is 1.59. The van der Waals surface area contributed by atoms with E-state index in [4.69, 9.17) is 0 Å². The van der Waals surface area contributed by atoms with Crippen LogP contribution in [-0.2, 0) is 4.74 Å². The molecule has 0 unspecified atom stereocenters. The summed E-state index contributed by atoms with van der Waals surface area (Å²) in [5.41, 5.74) is 0.680. The lowest BCUT2D eigenvalue weighted by Gasteiger charge is -2.04. The van der Waals surface area contributed by atoms with Crippen LogP contribution in [0.25, 0.3) is 0 Å². The normalized spacial score (nSPS) is 9.65. The van der Waals surface area contributed by atoms with Gasteiger partial charge >= 0.3 is 0 Å². The molecule has 0 aliphatic carbocycles.